The lowest BCUT2D eigenvalue weighted by Crippen LogP contribution is -1.93. The molecule has 4 nitrogen and oxygen atoms in total. The van der Waals surface area contributed by atoms with Gasteiger partial charge >= 0.3 is 11.9 Å². The van der Waals surface area contributed by atoms with Crippen molar-refractivity contribution in [2.75, 3.05) is 0 Å². The summed E-state index contributed by atoms with van der Waals surface area (Å²) in [5, 5.41) is 18.3. The third-order valence-corrected chi connectivity index (χ3v) is 4.75. The van der Waals surface area contributed by atoms with Crippen molar-refractivity contribution in [1.82, 2.24) is 0 Å². The lowest BCUT2D eigenvalue weighted by molar-refractivity contribution is 0.0686. The topological polar surface area (TPSA) is 74.6 Å². The highest BCUT2D eigenvalue weighted by molar-refractivity contribution is 6.30. The van der Waals surface area contributed by atoms with E-state index in [0.717, 1.165) is 21.2 Å². The van der Waals surface area contributed by atoms with Crippen LogP contribution in [-0.4, -0.2) is 22.2 Å². The second-order valence-corrected chi connectivity index (χ2v) is 7.65. The summed E-state index contributed by atoms with van der Waals surface area (Å²) in [6, 6.07) is 32.0. The fourth-order valence-corrected chi connectivity index (χ4v) is 2.75. The van der Waals surface area contributed by atoms with Gasteiger partial charge in [-0.15, -0.1) is 0 Å². The molecule has 0 fully saturated rings. The van der Waals surface area contributed by atoms with E-state index in [1.807, 2.05) is 60.7 Å². The number of benzene rings is 4. The van der Waals surface area contributed by atoms with Crippen molar-refractivity contribution in [2.45, 2.75) is 0 Å². The summed E-state index contributed by atoms with van der Waals surface area (Å²) in [5.74, 6) is -1.76. The number of carboxylic acids is 2. The number of hydrogen-bond donors (Lipinski definition) is 2. The van der Waals surface area contributed by atoms with Crippen LogP contribution < -0.4 is 0 Å². The van der Waals surface area contributed by atoms with E-state index in [9.17, 15) is 9.59 Å². The number of carboxylic acid groups (broad SMARTS) is 2. The fourth-order valence-electron chi connectivity index (χ4n) is 2.50. The molecule has 0 saturated heterocycles. The largest absolute Gasteiger partial charge is 0.478 e. The first-order chi connectivity index (χ1) is 16.3. The van der Waals surface area contributed by atoms with Gasteiger partial charge in [0, 0.05) is 10.0 Å². The molecule has 0 aliphatic heterocycles. The maximum absolute atomic E-state index is 10.2. The second kappa shape index (κ2) is 14.3. The number of carbonyl (C=O) groups is 2. The Labute approximate surface area is 208 Å². The van der Waals surface area contributed by atoms with Gasteiger partial charge in [-0.05, 0) is 59.7 Å². The summed E-state index contributed by atoms with van der Waals surface area (Å²) in [6.45, 7) is 0. The summed E-state index contributed by atoms with van der Waals surface area (Å²) in [7, 11) is 0. The quantitative estimate of drug-likeness (QED) is 0.283. The molecule has 0 aromatic heterocycles. The number of halogens is 2. The lowest BCUT2D eigenvalue weighted by Gasteiger charge is -1.95. The summed E-state index contributed by atoms with van der Waals surface area (Å²) >= 11 is 11.6. The molecule has 0 bridgehead atoms. The van der Waals surface area contributed by atoms with Gasteiger partial charge in [0.25, 0.3) is 0 Å². The molecular formula is C28H22Cl2O4. The summed E-state index contributed by atoms with van der Waals surface area (Å²) < 4.78 is 0. The van der Waals surface area contributed by atoms with Crippen LogP contribution in [0.1, 0.15) is 31.8 Å². The molecule has 0 atom stereocenters. The number of rotatable bonds is 4. The van der Waals surface area contributed by atoms with E-state index < -0.39 is 11.9 Å². The molecule has 172 valence electrons. The Hall–Kier alpha value is -3.86. The van der Waals surface area contributed by atoms with E-state index in [1.54, 1.807) is 60.7 Å². The molecule has 2 N–H and O–H groups in total. The minimum Gasteiger partial charge on any atom is -0.478 e. The third-order valence-electron chi connectivity index (χ3n) is 4.25. The highest BCUT2D eigenvalue weighted by Gasteiger charge is 1.97. The number of aromatic carboxylic acids is 2. The predicted molar refractivity (Wildman–Crippen MR) is 139 cm³/mol. The van der Waals surface area contributed by atoms with Crippen LogP contribution in [0.15, 0.2) is 109 Å². The molecule has 0 amide bonds. The van der Waals surface area contributed by atoms with Crippen LogP contribution in [0.25, 0.3) is 12.2 Å². The predicted octanol–water partition coefficient (Wildman–Crippen LogP) is 7.93. The Morgan fingerprint density at radius 3 is 1.03 bits per heavy atom. The van der Waals surface area contributed by atoms with Gasteiger partial charge in [-0.1, -0.05) is 96.0 Å². The molecule has 0 unspecified atom stereocenters. The minimum absolute atomic E-state index is 0.331. The van der Waals surface area contributed by atoms with E-state index in [0.29, 0.717) is 11.1 Å². The molecular weight excluding hydrogens is 471 g/mol. The minimum atomic E-state index is -0.879. The van der Waals surface area contributed by atoms with Gasteiger partial charge in [0.2, 0.25) is 0 Å². The molecule has 0 aliphatic rings. The summed E-state index contributed by atoms with van der Waals surface area (Å²) in [6.07, 6.45) is 4.08. The fraction of sp³-hybridized carbons (Fsp3) is 0. The van der Waals surface area contributed by atoms with Crippen molar-refractivity contribution in [3.63, 3.8) is 0 Å². The number of hydrogen-bond acceptors (Lipinski definition) is 2. The Bertz CT molecular complexity index is 1090. The molecule has 0 heterocycles. The van der Waals surface area contributed by atoms with E-state index in [2.05, 4.69) is 0 Å². The molecule has 0 radical (unpaired) electrons. The Balaban J connectivity index is 0.000000194. The van der Waals surface area contributed by atoms with Crippen molar-refractivity contribution >= 4 is 47.3 Å². The molecule has 4 aromatic rings. The van der Waals surface area contributed by atoms with Gasteiger partial charge in [-0.25, -0.2) is 9.59 Å². The van der Waals surface area contributed by atoms with Gasteiger partial charge in [0.15, 0.2) is 0 Å². The van der Waals surface area contributed by atoms with Gasteiger partial charge in [0.05, 0.1) is 11.1 Å². The molecule has 0 saturated carbocycles. The van der Waals surface area contributed by atoms with Crippen LogP contribution in [0.3, 0.4) is 0 Å². The maximum Gasteiger partial charge on any atom is 0.335 e. The normalized spacial score (nSPS) is 9.82. The first kappa shape index (κ1) is 26.4. The van der Waals surface area contributed by atoms with Crippen LogP contribution in [0.5, 0.6) is 0 Å². The zero-order valence-corrected chi connectivity index (χ0v) is 19.5. The van der Waals surface area contributed by atoms with Crippen LogP contribution >= 0.6 is 23.2 Å². The molecule has 34 heavy (non-hydrogen) atoms. The molecule has 4 aromatic carbocycles. The van der Waals surface area contributed by atoms with Crippen molar-refractivity contribution in [3.05, 3.63) is 141 Å². The monoisotopic (exact) mass is 492 g/mol. The summed E-state index contributed by atoms with van der Waals surface area (Å²) in [4.78, 5) is 20.4. The van der Waals surface area contributed by atoms with E-state index in [1.165, 1.54) is 0 Å². The van der Waals surface area contributed by atoms with Gasteiger partial charge in [-0.2, -0.15) is 0 Å². The lowest BCUT2D eigenvalue weighted by atomic mass is 10.1. The first-order valence-corrected chi connectivity index (χ1v) is 10.9. The summed E-state index contributed by atoms with van der Waals surface area (Å²) in [5.41, 5.74) is 2.91. The first-order valence-electron chi connectivity index (χ1n) is 10.1. The van der Waals surface area contributed by atoms with Crippen LogP contribution in [0.2, 0.25) is 10.0 Å². The van der Waals surface area contributed by atoms with Crippen molar-refractivity contribution in [1.29, 1.82) is 0 Å². The van der Waals surface area contributed by atoms with Gasteiger partial charge < -0.3 is 10.2 Å². The maximum atomic E-state index is 10.2. The second-order valence-electron chi connectivity index (χ2n) is 6.78. The van der Waals surface area contributed by atoms with Gasteiger partial charge in [-0.3, -0.25) is 0 Å². The van der Waals surface area contributed by atoms with Crippen LogP contribution in [-0.2, 0) is 0 Å². The smallest absolute Gasteiger partial charge is 0.335 e. The molecule has 0 spiro atoms. The highest BCUT2D eigenvalue weighted by Crippen LogP contribution is 2.14. The van der Waals surface area contributed by atoms with Crippen molar-refractivity contribution < 1.29 is 19.8 Å². The Morgan fingerprint density at radius 2 is 0.794 bits per heavy atom. The standard InChI is InChI=1S/C14H10Cl2.2C7H6O2/c15-13-7-3-11(4-8-13)1-2-12-5-9-14(16)10-6-12;2*8-7(9)6-4-2-1-3-5-6/h1-10H;2*1-5H,(H,8,9). The van der Waals surface area contributed by atoms with E-state index >= 15 is 0 Å². The molecule has 4 rings (SSSR count). The SMILES string of the molecule is Clc1ccc(C=Cc2ccc(Cl)cc2)cc1.O=C(O)c1ccccc1.O=C(O)c1ccccc1. The third kappa shape index (κ3) is 10.2. The van der Waals surface area contributed by atoms with Crippen LogP contribution in [0, 0.1) is 0 Å². The molecule has 6 heteroatoms. The van der Waals surface area contributed by atoms with Crippen molar-refractivity contribution in [3.8, 4) is 0 Å². The zero-order valence-electron chi connectivity index (χ0n) is 18.0. The average Bonchev–Trinajstić information content (AvgIpc) is 2.86. The Kier molecular flexibility index (Phi) is 11.1. The zero-order chi connectivity index (χ0) is 24.8. The van der Waals surface area contributed by atoms with Crippen molar-refractivity contribution in [2.24, 2.45) is 0 Å². The van der Waals surface area contributed by atoms with Crippen LogP contribution in [0.4, 0.5) is 0 Å². The van der Waals surface area contributed by atoms with Gasteiger partial charge in [0.1, 0.15) is 0 Å². The Morgan fingerprint density at radius 1 is 0.500 bits per heavy atom. The van der Waals surface area contributed by atoms with E-state index in [4.69, 9.17) is 33.4 Å². The highest BCUT2D eigenvalue weighted by atomic mass is 35.5. The average molecular weight is 493 g/mol. The van der Waals surface area contributed by atoms with E-state index in [-0.39, 0.29) is 0 Å². The molecule has 0 aliphatic carbocycles.